The summed E-state index contributed by atoms with van der Waals surface area (Å²) in [5.41, 5.74) is 6.11. The van der Waals surface area contributed by atoms with E-state index < -0.39 is 6.10 Å². The van der Waals surface area contributed by atoms with E-state index in [-0.39, 0.29) is 5.91 Å². The third-order valence-corrected chi connectivity index (χ3v) is 2.69. The summed E-state index contributed by atoms with van der Waals surface area (Å²) < 4.78 is 0. The van der Waals surface area contributed by atoms with Gasteiger partial charge in [0, 0.05) is 13.6 Å². The minimum Gasteiger partial charge on any atom is -0.397 e. The maximum absolute atomic E-state index is 11.7. The molecule has 0 aliphatic heterocycles. The molecule has 1 heterocycles. The number of nitrogens with two attached hydrogens (primary N) is 1. The number of carbonyl (C=O) groups is 1. The van der Waals surface area contributed by atoms with Gasteiger partial charge in [0.2, 0.25) is 0 Å². The minimum absolute atomic E-state index is 0.140. The highest BCUT2D eigenvalue weighted by atomic mass is 32.1. The molecule has 14 heavy (non-hydrogen) atoms. The molecule has 0 bridgehead atoms. The quantitative estimate of drug-likeness (QED) is 0.781. The first-order valence-corrected chi connectivity index (χ1v) is 5.17. The largest absolute Gasteiger partial charge is 0.397 e. The summed E-state index contributed by atoms with van der Waals surface area (Å²) >= 11 is 1.32. The highest BCUT2D eigenvalue weighted by Gasteiger charge is 2.16. The standard InChI is InChI=1S/C9H14N2O2S/c1-6(12)5-11(2)9(13)8-7(10)3-4-14-8/h3-4,6,12H,5,10H2,1-2H3. The van der Waals surface area contributed by atoms with Crippen LogP contribution in [0.2, 0.25) is 0 Å². The number of aliphatic hydroxyl groups is 1. The van der Waals surface area contributed by atoms with Gasteiger partial charge in [-0.2, -0.15) is 0 Å². The summed E-state index contributed by atoms with van der Waals surface area (Å²) in [6.45, 7) is 1.96. The Hall–Kier alpha value is -1.07. The van der Waals surface area contributed by atoms with E-state index in [2.05, 4.69) is 0 Å². The smallest absolute Gasteiger partial charge is 0.265 e. The number of hydrogen-bond acceptors (Lipinski definition) is 4. The van der Waals surface area contributed by atoms with E-state index >= 15 is 0 Å². The average molecular weight is 214 g/mol. The summed E-state index contributed by atoms with van der Waals surface area (Å²) in [6.07, 6.45) is -0.523. The van der Waals surface area contributed by atoms with Crippen molar-refractivity contribution in [1.29, 1.82) is 0 Å². The molecule has 0 saturated carbocycles. The zero-order chi connectivity index (χ0) is 10.7. The lowest BCUT2D eigenvalue weighted by Gasteiger charge is -2.18. The molecule has 1 unspecified atom stereocenters. The van der Waals surface area contributed by atoms with E-state index in [1.54, 1.807) is 25.4 Å². The van der Waals surface area contributed by atoms with Crippen molar-refractivity contribution in [3.05, 3.63) is 16.3 Å². The second kappa shape index (κ2) is 4.43. The Balaban J connectivity index is 2.71. The lowest BCUT2D eigenvalue weighted by Crippen LogP contribution is -2.32. The van der Waals surface area contributed by atoms with E-state index in [1.807, 2.05) is 0 Å². The first-order chi connectivity index (χ1) is 6.52. The van der Waals surface area contributed by atoms with Gasteiger partial charge in [0.1, 0.15) is 4.88 Å². The number of anilines is 1. The van der Waals surface area contributed by atoms with Gasteiger partial charge < -0.3 is 15.7 Å². The van der Waals surface area contributed by atoms with Crippen LogP contribution in [0.3, 0.4) is 0 Å². The van der Waals surface area contributed by atoms with Crippen molar-refractivity contribution in [2.45, 2.75) is 13.0 Å². The van der Waals surface area contributed by atoms with Crippen molar-refractivity contribution in [3.8, 4) is 0 Å². The summed E-state index contributed by atoms with van der Waals surface area (Å²) in [5.74, 6) is -0.140. The first-order valence-electron chi connectivity index (χ1n) is 4.29. The third kappa shape index (κ3) is 2.46. The molecule has 0 aliphatic rings. The van der Waals surface area contributed by atoms with Gasteiger partial charge in [-0.05, 0) is 18.4 Å². The van der Waals surface area contributed by atoms with Gasteiger partial charge in [-0.3, -0.25) is 4.79 Å². The highest BCUT2D eigenvalue weighted by Crippen LogP contribution is 2.20. The fraction of sp³-hybridized carbons (Fsp3) is 0.444. The number of hydrogen-bond donors (Lipinski definition) is 2. The molecule has 0 radical (unpaired) electrons. The summed E-state index contributed by atoms with van der Waals surface area (Å²) in [5, 5.41) is 10.9. The monoisotopic (exact) mass is 214 g/mol. The molecule has 1 aromatic rings. The topological polar surface area (TPSA) is 66.6 Å². The molecule has 0 aliphatic carbocycles. The van der Waals surface area contributed by atoms with Crippen molar-refractivity contribution < 1.29 is 9.90 Å². The summed E-state index contributed by atoms with van der Waals surface area (Å²) in [7, 11) is 1.65. The van der Waals surface area contributed by atoms with Crippen LogP contribution in [-0.2, 0) is 0 Å². The van der Waals surface area contributed by atoms with E-state index in [1.165, 1.54) is 16.2 Å². The maximum Gasteiger partial charge on any atom is 0.265 e. The number of thiophene rings is 1. The number of nitrogens with zero attached hydrogens (tertiary/aromatic N) is 1. The van der Waals surface area contributed by atoms with Gasteiger partial charge in [0.25, 0.3) is 5.91 Å². The Morgan fingerprint density at radius 1 is 1.79 bits per heavy atom. The molecule has 1 rings (SSSR count). The Bertz CT molecular complexity index is 322. The summed E-state index contributed by atoms with van der Waals surface area (Å²) in [4.78, 5) is 13.7. The Kier molecular flexibility index (Phi) is 3.49. The predicted molar refractivity (Wildman–Crippen MR) is 57.4 cm³/mol. The molecule has 0 fully saturated rings. The van der Waals surface area contributed by atoms with Gasteiger partial charge in [0.15, 0.2) is 0 Å². The zero-order valence-electron chi connectivity index (χ0n) is 8.23. The number of nitrogen functional groups attached to an aromatic ring is 1. The van der Waals surface area contributed by atoms with Crippen molar-refractivity contribution in [1.82, 2.24) is 4.90 Å². The lowest BCUT2D eigenvalue weighted by molar-refractivity contribution is 0.0709. The lowest BCUT2D eigenvalue weighted by atomic mass is 10.3. The van der Waals surface area contributed by atoms with Crippen LogP contribution in [0.1, 0.15) is 16.6 Å². The zero-order valence-corrected chi connectivity index (χ0v) is 9.04. The Morgan fingerprint density at radius 2 is 2.43 bits per heavy atom. The molecular formula is C9H14N2O2S. The average Bonchev–Trinajstić information content (AvgIpc) is 2.48. The predicted octanol–water partition coefficient (Wildman–Crippen LogP) is 0.783. The molecule has 0 aromatic carbocycles. The van der Waals surface area contributed by atoms with Crippen molar-refractivity contribution >= 4 is 22.9 Å². The maximum atomic E-state index is 11.7. The van der Waals surface area contributed by atoms with E-state index in [0.29, 0.717) is 17.1 Å². The molecular weight excluding hydrogens is 200 g/mol. The van der Waals surface area contributed by atoms with Crippen LogP contribution < -0.4 is 5.73 Å². The molecule has 78 valence electrons. The molecule has 3 N–H and O–H groups in total. The van der Waals surface area contributed by atoms with Gasteiger partial charge in [0.05, 0.1) is 11.8 Å². The van der Waals surface area contributed by atoms with E-state index in [9.17, 15) is 4.79 Å². The number of aliphatic hydroxyl groups excluding tert-OH is 1. The van der Waals surface area contributed by atoms with Crippen LogP contribution in [0.4, 0.5) is 5.69 Å². The second-order valence-corrected chi connectivity index (χ2v) is 4.16. The fourth-order valence-electron chi connectivity index (χ4n) is 1.15. The van der Waals surface area contributed by atoms with Gasteiger partial charge in [-0.1, -0.05) is 0 Å². The normalized spacial score (nSPS) is 12.5. The number of amides is 1. The van der Waals surface area contributed by atoms with Crippen LogP contribution in [0.15, 0.2) is 11.4 Å². The molecule has 1 aromatic heterocycles. The molecule has 0 spiro atoms. The second-order valence-electron chi connectivity index (χ2n) is 3.24. The fourth-order valence-corrected chi connectivity index (χ4v) is 1.96. The van der Waals surface area contributed by atoms with E-state index in [0.717, 1.165) is 0 Å². The van der Waals surface area contributed by atoms with Gasteiger partial charge in [-0.25, -0.2) is 0 Å². The summed E-state index contributed by atoms with van der Waals surface area (Å²) in [6, 6.07) is 1.70. The van der Waals surface area contributed by atoms with Crippen LogP contribution >= 0.6 is 11.3 Å². The van der Waals surface area contributed by atoms with Crippen molar-refractivity contribution in [3.63, 3.8) is 0 Å². The van der Waals surface area contributed by atoms with Crippen LogP contribution in [0, 0.1) is 0 Å². The van der Waals surface area contributed by atoms with E-state index in [4.69, 9.17) is 10.8 Å². The van der Waals surface area contributed by atoms with Gasteiger partial charge in [-0.15, -0.1) is 11.3 Å². The number of rotatable bonds is 3. The molecule has 1 atom stereocenters. The first kappa shape index (κ1) is 11.0. The van der Waals surface area contributed by atoms with Crippen LogP contribution in [-0.4, -0.2) is 35.6 Å². The molecule has 0 saturated heterocycles. The minimum atomic E-state index is -0.523. The highest BCUT2D eigenvalue weighted by molar-refractivity contribution is 7.12. The number of carbonyl (C=O) groups excluding carboxylic acids is 1. The van der Waals surface area contributed by atoms with Crippen LogP contribution in [0.25, 0.3) is 0 Å². The van der Waals surface area contributed by atoms with Crippen LogP contribution in [0.5, 0.6) is 0 Å². The Labute approximate surface area is 87.0 Å². The molecule has 5 heteroatoms. The Morgan fingerprint density at radius 3 is 2.86 bits per heavy atom. The molecule has 4 nitrogen and oxygen atoms in total. The number of likely N-dealkylation sites (N-methyl/N-ethyl adjacent to an activating group) is 1. The van der Waals surface area contributed by atoms with Crippen molar-refractivity contribution in [2.24, 2.45) is 0 Å². The SMILES string of the molecule is CC(O)CN(C)C(=O)c1sccc1N. The molecule has 1 amide bonds. The van der Waals surface area contributed by atoms with Gasteiger partial charge >= 0.3 is 0 Å². The third-order valence-electron chi connectivity index (χ3n) is 1.77. The van der Waals surface area contributed by atoms with Crippen molar-refractivity contribution in [2.75, 3.05) is 19.3 Å².